The third-order valence-corrected chi connectivity index (χ3v) is 3.91. The van der Waals surface area contributed by atoms with Crippen molar-refractivity contribution in [2.24, 2.45) is 5.92 Å². The van der Waals surface area contributed by atoms with Gasteiger partial charge in [0.05, 0.1) is 13.7 Å². The first-order valence-electron chi connectivity index (χ1n) is 7.76. The molecule has 0 saturated carbocycles. The molecule has 0 unspecified atom stereocenters. The SMILES string of the molecule is COc1ccc2c(c1)OC[C@H](CNC(=O)CCC(=O)N(C)C)C2. The zero-order valence-corrected chi connectivity index (χ0v) is 13.9. The van der Waals surface area contributed by atoms with Gasteiger partial charge in [-0.25, -0.2) is 0 Å². The molecule has 1 aromatic rings. The van der Waals surface area contributed by atoms with E-state index in [-0.39, 0.29) is 30.6 Å². The summed E-state index contributed by atoms with van der Waals surface area (Å²) in [6.45, 7) is 1.12. The summed E-state index contributed by atoms with van der Waals surface area (Å²) in [7, 11) is 5.00. The Balaban J connectivity index is 1.77. The number of hydrogen-bond acceptors (Lipinski definition) is 4. The summed E-state index contributed by atoms with van der Waals surface area (Å²) in [5, 5.41) is 2.89. The van der Waals surface area contributed by atoms with E-state index in [2.05, 4.69) is 5.32 Å². The van der Waals surface area contributed by atoms with Crippen molar-refractivity contribution in [1.29, 1.82) is 0 Å². The molecule has 0 fully saturated rings. The standard InChI is InChI=1S/C17H24N2O4/c1-19(2)17(21)7-6-16(20)18-10-12-8-13-4-5-14(22-3)9-15(13)23-11-12/h4-5,9,12H,6-8,10-11H2,1-3H3,(H,18,20)/t12-/m0/s1. The van der Waals surface area contributed by atoms with Crippen LogP contribution < -0.4 is 14.8 Å². The Bertz CT molecular complexity index is 572. The van der Waals surface area contributed by atoms with Gasteiger partial charge in [-0.3, -0.25) is 9.59 Å². The highest BCUT2D eigenvalue weighted by atomic mass is 16.5. The molecule has 0 aromatic heterocycles. The van der Waals surface area contributed by atoms with Crippen LogP contribution in [0.15, 0.2) is 18.2 Å². The summed E-state index contributed by atoms with van der Waals surface area (Å²) in [4.78, 5) is 24.8. The molecule has 1 N–H and O–H groups in total. The number of nitrogens with one attached hydrogen (secondary N) is 1. The quantitative estimate of drug-likeness (QED) is 0.856. The van der Waals surface area contributed by atoms with E-state index in [1.807, 2.05) is 18.2 Å². The average Bonchev–Trinajstić information content (AvgIpc) is 2.56. The third kappa shape index (κ3) is 4.87. The number of rotatable bonds is 6. The number of methoxy groups -OCH3 is 1. The molecule has 23 heavy (non-hydrogen) atoms. The molecule has 1 heterocycles. The number of hydrogen-bond donors (Lipinski definition) is 1. The lowest BCUT2D eigenvalue weighted by Gasteiger charge is -2.25. The van der Waals surface area contributed by atoms with Crippen LogP contribution >= 0.6 is 0 Å². The maximum absolute atomic E-state index is 11.8. The second-order valence-corrected chi connectivity index (χ2v) is 5.95. The highest BCUT2D eigenvalue weighted by molar-refractivity contribution is 5.83. The fraction of sp³-hybridized carbons (Fsp3) is 0.529. The molecule has 1 aliphatic rings. The lowest BCUT2D eigenvalue weighted by molar-refractivity contribution is -0.131. The highest BCUT2D eigenvalue weighted by Crippen LogP contribution is 2.30. The van der Waals surface area contributed by atoms with Crippen LogP contribution in [-0.2, 0) is 16.0 Å². The number of fused-ring (bicyclic) bond motifs is 1. The van der Waals surface area contributed by atoms with E-state index in [4.69, 9.17) is 9.47 Å². The second-order valence-electron chi connectivity index (χ2n) is 5.95. The van der Waals surface area contributed by atoms with Gasteiger partial charge in [-0.15, -0.1) is 0 Å². The van der Waals surface area contributed by atoms with E-state index in [9.17, 15) is 9.59 Å². The smallest absolute Gasteiger partial charge is 0.222 e. The van der Waals surface area contributed by atoms with Gasteiger partial charge in [0.25, 0.3) is 0 Å². The molecule has 0 bridgehead atoms. The number of carbonyl (C=O) groups is 2. The summed E-state index contributed by atoms with van der Waals surface area (Å²) >= 11 is 0. The molecule has 1 aromatic carbocycles. The molecule has 1 aliphatic heterocycles. The van der Waals surface area contributed by atoms with Crippen molar-refractivity contribution in [1.82, 2.24) is 10.2 Å². The molecule has 0 radical (unpaired) electrons. The molecule has 6 nitrogen and oxygen atoms in total. The van der Waals surface area contributed by atoms with Crippen molar-refractivity contribution < 1.29 is 19.1 Å². The minimum absolute atomic E-state index is 0.0379. The molecule has 0 spiro atoms. The van der Waals surface area contributed by atoms with E-state index in [1.165, 1.54) is 4.90 Å². The van der Waals surface area contributed by atoms with Crippen LogP contribution in [0.5, 0.6) is 11.5 Å². The van der Waals surface area contributed by atoms with E-state index < -0.39 is 0 Å². The number of nitrogens with zero attached hydrogens (tertiary/aromatic N) is 1. The molecule has 2 rings (SSSR count). The van der Waals surface area contributed by atoms with Crippen LogP contribution in [0.2, 0.25) is 0 Å². The van der Waals surface area contributed by atoms with Crippen LogP contribution in [0.4, 0.5) is 0 Å². The summed E-state index contributed by atoms with van der Waals surface area (Å²) < 4.78 is 10.9. The van der Waals surface area contributed by atoms with Gasteiger partial charge in [0.15, 0.2) is 0 Å². The molecule has 1 atom stereocenters. The van der Waals surface area contributed by atoms with Gasteiger partial charge in [-0.05, 0) is 18.1 Å². The Hall–Kier alpha value is -2.24. The first-order chi connectivity index (χ1) is 11.0. The van der Waals surface area contributed by atoms with Crippen molar-refractivity contribution in [2.45, 2.75) is 19.3 Å². The fourth-order valence-electron chi connectivity index (χ4n) is 2.46. The zero-order valence-electron chi connectivity index (χ0n) is 13.9. The maximum atomic E-state index is 11.8. The Morgan fingerprint density at radius 2 is 2.13 bits per heavy atom. The number of ether oxygens (including phenoxy) is 2. The second kappa shape index (κ2) is 7.85. The predicted octanol–water partition coefficient (Wildman–Crippen LogP) is 1.23. The summed E-state index contributed by atoms with van der Waals surface area (Å²) in [6, 6.07) is 5.80. The number of benzene rings is 1. The third-order valence-electron chi connectivity index (χ3n) is 3.91. The number of carbonyl (C=O) groups excluding carboxylic acids is 2. The first-order valence-corrected chi connectivity index (χ1v) is 7.76. The Labute approximate surface area is 136 Å². The molecule has 2 amide bonds. The van der Waals surface area contributed by atoms with Crippen molar-refractivity contribution >= 4 is 11.8 Å². The number of amides is 2. The normalized spacial score (nSPS) is 16.0. The minimum Gasteiger partial charge on any atom is -0.497 e. The minimum atomic E-state index is -0.0965. The van der Waals surface area contributed by atoms with E-state index in [0.717, 1.165) is 23.5 Å². The Morgan fingerprint density at radius 3 is 2.83 bits per heavy atom. The molecule has 126 valence electrons. The van der Waals surface area contributed by atoms with Gasteiger partial charge in [-0.2, -0.15) is 0 Å². The monoisotopic (exact) mass is 320 g/mol. The van der Waals surface area contributed by atoms with Crippen molar-refractivity contribution in [3.63, 3.8) is 0 Å². The van der Waals surface area contributed by atoms with Gasteiger partial charge in [0.1, 0.15) is 11.5 Å². The lowest BCUT2D eigenvalue weighted by Crippen LogP contribution is -2.35. The van der Waals surface area contributed by atoms with Crippen molar-refractivity contribution in [2.75, 3.05) is 34.4 Å². The lowest BCUT2D eigenvalue weighted by atomic mass is 9.96. The predicted molar refractivity (Wildman–Crippen MR) is 86.6 cm³/mol. The summed E-state index contributed by atoms with van der Waals surface area (Å²) in [6.07, 6.45) is 1.32. The van der Waals surface area contributed by atoms with Gasteiger partial charge >= 0.3 is 0 Å². The van der Waals surface area contributed by atoms with Crippen molar-refractivity contribution in [3.8, 4) is 11.5 Å². The molecular formula is C17H24N2O4. The van der Waals surface area contributed by atoms with Crippen molar-refractivity contribution in [3.05, 3.63) is 23.8 Å². The van der Waals surface area contributed by atoms with E-state index >= 15 is 0 Å². The van der Waals surface area contributed by atoms with Crippen LogP contribution in [0.25, 0.3) is 0 Å². The largest absolute Gasteiger partial charge is 0.497 e. The van der Waals surface area contributed by atoms with Crippen LogP contribution in [0.1, 0.15) is 18.4 Å². The van der Waals surface area contributed by atoms with Crippen LogP contribution in [0.3, 0.4) is 0 Å². The highest BCUT2D eigenvalue weighted by Gasteiger charge is 2.21. The molecule has 6 heteroatoms. The average molecular weight is 320 g/mol. The van der Waals surface area contributed by atoms with Gasteiger partial charge in [0.2, 0.25) is 11.8 Å². The van der Waals surface area contributed by atoms with Gasteiger partial charge < -0.3 is 19.7 Å². The van der Waals surface area contributed by atoms with E-state index in [0.29, 0.717) is 13.2 Å². The van der Waals surface area contributed by atoms with Gasteiger partial charge in [0, 0.05) is 45.5 Å². The Kier molecular flexibility index (Phi) is 5.84. The first kappa shape index (κ1) is 17.1. The van der Waals surface area contributed by atoms with Crippen LogP contribution in [-0.4, -0.2) is 51.1 Å². The summed E-state index contributed by atoms with van der Waals surface area (Å²) in [5.74, 6) is 1.73. The summed E-state index contributed by atoms with van der Waals surface area (Å²) in [5.41, 5.74) is 1.12. The fourth-order valence-corrected chi connectivity index (χ4v) is 2.46. The zero-order chi connectivity index (χ0) is 16.8. The maximum Gasteiger partial charge on any atom is 0.222 e. The Morgan fingerprint density at radius 1 is 1.35 bits per heavy atom. The van der Waals surface area contributed by atoms with Gasteiger partial charge in [-0.1, -0.05) is 6.07 Å². The van der Waals surface area contributed by atoms with E-state index in [1.54, 1.807) is 21.2 Å². The van der Waals surface area contributed by atoms with Crippen LogP contribution in [0, 0.1) is 5.92 Å². The topological polar surface area (TPSA) is 67.9 Å². The molecule has 0 aliphatic carbocycles. The molecule has 0 saturated heterocycles. The molecular weight excluding hydrogens is 296 g/mol.